The van der Waals surface area contributed by atoms with Crippen LogP contribution in [0.5, 0.6) is 0 Å². The Morgan fingerprint density at radius 2 is 2.28 bits per heavy atom. The molecule has 0 bridgehead atoms. The summed E-state index contributed by atoms with van der Waals surface area (Å²) in [5.74, 6) is -0.899. The van der Waals surface area contributed by atoms with Crippen LogP contribution >= 0.6 is 0 Å². The van der Waals surface area contributed by atoms with Crippen molar-refractivity contribution in [2.75, 3.05) is 13.1 Å². The van der Waals surface area contributed by atoms with Crippen molar-refractivity contribution >= 4 is 5.97 Å². The zero-order valence-corrected chi connectivity index (χ0v) is 10.5. The highest BCUT2D eigenvalue weighted by Crippen LogP contribution is 2.19. The van der Waals surface area contributed by atoms with Crippen molar-refractivity contribution in [3.05, 3.63) is 35.1 Å². The summed E-state index contributed by atoms with van der Waals surface area (Å²) in [7, 11) is 0. The Kier molecular flexibility index (Phi) is 3.97. The predicted molar refractivity (Wildman–Crippen MR) is 67.0 cm³/mol. The Labute approximate surface area is 106 Å². The maximum atomic E-state index is 13.3. The van der Waals surface area contributed by atoms with E-state index in [1.54, 1.807) is 6.07 Å². The van der Waals surface area contributed by atoms with Gasteiger partial charge in [-0.1, -0.05) is 6.92 Å². The molecule has 1 atom stereocenters. The number of hydrogen-bond donors (Lipinski definition) is 1. The number of carboxylic acids is 1. The molecule has 1 aliphatic rings. The van der Waals surface area contributed by atoms with E-state index in [0.717, 1.165) is 31.1 Å². The minimum absolute atomic E-state index is 0.0232. The zero-order chi connectivity index (χ0) is 13.1. The number of likely N-dealkylation sites (tertiary alicyclic amines) is 1. The summed E-state index contributed by atoms with van der Waals surface area (Å²) in [6.07, 6.45) is 2.39. The second-order valence-corrected chi connectivity index (χ2v) is 5.14. The highest BCUT2D eigenvalue weighted by Gasteiger charge is 2.17. The fourth-order valence-corrected chi connectivity index (χ4v) is 2.55. The van der Waals surface area contributed by atoms with Crippen LogP contribution in [0.25, 0.3) is 0 Å². The lowest BCUT2D eigenvalue weighted by Gasteiger charge is -2.30. The lowest BCUT2D eigenvalue weighted by atomic mass is 9.99. The molecular weight excluding hydrogens is 233 g/mol. The molecule has 1 aromatic rings. The van der Waals surface area contributed by atoms with Gasteiger partial charge in [-0.05, 0) is 49.1 Å². The summed E-state index contributed by atoms with van der Waals surface area (Å²) in [6, 6.07) is 4.04. The Balaban J connectivity index is 2.10. The monoisotopic (exact) mass is 251 g/mol. The number of hydrogen-bond acceptors (Lipinski definition) is 2. The van der Waals surface area contributed by atoms with Crippen molar-refractivity contribution in [1.82, 2.24) is 4.90 Å². The van der Waals surface area contributed by atoms with E-state index >= 15 is 0 Å². The molecule has 4 heteroatoms. The molecule has 0 saturated carbocycles. The van der Waals surface area contributed by atoms with Crippen molar-refractivity contribution in [2.24, 2.45) is 5.92 Å². The molecule has 1 N–H and O–H groups in total. The van der Waals surface area contributed by atoms with Crippen LogP contribution in [0.15, 0.2) is 18.2 Å². The normalized spacial score (nSPS) is 20.9. The topological polar surface area (TPSA) is 40.5 Å². The highest BCUT2D eigenvalue weighted by molar-refractivity contribution is 5.87. The molecule has 0 amide bonds. The van der Waals surface area contributed by atoms with Gasteiger partial charge in [-0.3, -0.25) is 4.90 Å². The summed E-state index contributed by atoms with van der Waals surface area (Å²) in [4.78, 5) is 13.1. The first kappa shape index (κ1) is 13.0. The lowest BCUT2D eigenvalue weighted by Crippen LogP contribution is -2.33. The summed E-state index contributed by atoms with van der Waals surface area (Å²) in [5.41, 5.74) is 0.761. The number of benzene rings is 1. The first-order valence-electron chi connectivity index (χ1n) is 6.29. The number of carboxylic acid groups (broad SMARTS) is 1. The van der Waals surface area contributed by atoms with Gasteiger partial charge in [0.15, 0.2) is 0 Å². The first-order valence-corrected chi connectivity index (χ1v) is 6.29. The van der Waals surface area contributed by atoms with Gasteiger partial charge in [0.05, 0.1) is 5.56 Å². The van der Waals surface area contributed by atoms with E-state index in [9.17, 15) is 9.18 Å². The van der Waals surface area contributed by atoms with Crippen LogP contribution < -0.4 is 0 Å². The fourth-order valence-electron chi connectivity index (χ4n) is 2.55. The average Bonchev–Trinajstić information content (AvgIpc) is 2.28. The van der Waals surface area contributed by atoms with Crippen LogP contribution in [0.3, 0.4) is 0 Å². The quantitative estimate of drug-likeness (QED) is 0.898. The molecule has 1 saturated heterocycles. The number of piperidine rings is 1. The molecule has 1 unspecified atom stereocenters. The van der Waals surface area contributed by atoms with Crippen molar-refractivity contribution < 1.29 is 14.3 Å². The van der Waals surface area contributed by atoms with Gasteiger partial charge in [0.1, 0.15) is 5.82 Å². The molecule has 98 valence electrons. The third kappa shape index (κ3) is 3.29. The van der Waals surface area contributed by atoms with E-state index in [1.807, 2.05) is 0 Å². The molecule has 1 fully saturated rings. The molecule has 1 aliphatic heterocycles. The van der Waals surface area contributed by atoms with Crippen molar-refractivity contribution in [1.29, 1.82) is 0 Å². The zero-order valence-electron chi connectivity index (χ0n) is 10.5. The second-order valence-electron chi connectivity index (χ2n) is 5.14. The van der Waals surface area contributed by atoms with Crippen LogP contribution in [-0.2, 0) is 6.54 Å². The Bertz CT molecular complexity index is 447. The Morgan fingerprint density at radius 3 is 2.94 bits per heavy atom. The van der Waals surface area contributed by atoms with Crippen LogP contribution in [0, 0.1) is 11.7 Å². The molecule has 0 radical (unpaired) electrons. The number of carbonyl (C=O) groups is 1. The molecular formula is C14H18FNO2. The van der Waals surface area contributed by atoms with E-state index in [-0.39, 0.29) is 5.56 Å². The molecule has 2 rings (SSSR count). The van der Waals surface area contributed by atoms with Crippen LogP contribution in [0.1, 0.15) is 35.7 Å². The first-order chi connectivity index (χ1) is 8.54. The third-order valence-electron chi connectivity index (χ3n) is 3.35. The van der Waals surface area contributed by atoms with Gasteiger partial charge in [-0.2, -0.15) is 0 Å². The maximum absolute atomic E-state index is 13.3. The van der Waals surface area contributed by atoms with E-state index in [1.165, 1.54) is 12.5 Å². The molecule has 3 nitrogen and oxygen atoms in total. The SMILES string of the molecule is CC1CCCN(Cc2cc(F)cc(C(=O)O)c2)C1. The van der Waals surface area contributed by atoms with E-state index in [0.29, 0.717) is 12.5 Å². The van der Waals surface area contributed by atoms with E-state index in [2.05, 4.69) is 11.8 Å². The fraction of sp³-hybridized carbons (Fsp3) is 0.500. The maximum Gasteiger partial charge on any atom is 0.335 e. The van der Waals surface area contributed by atoms with Crippen LogP contribution in [0.2, 0.25) is 0 Å². The standard InChI is InChI=1S/C14H18FNO2/c1-10-3-2-4-16(8-10)9-11-5-12(14(17)18)7-13(15)6-11/h5-7,10H,2-4,8-9H2,1H3,(H,17,18). The van der Waals surface area contributed by atoms with Gasteiger partial charge >= 0.3 is 5.97 Å². The Morgan fingerprint density at radius 1 is 1.50 bits per heavy atom. The molecule has 0 spiro atoms. The van der Waals surface area contributed by atoms with Gasteiger partial charge in [0, 0.05) is 13.1 Å². The van der Waals surface area contributed by atoms with E-state index < -0.39 is 11.8 Å². The minimum Gasteiger partial charge on any atom is -0.478 e. The smallest absolute Gasteiger partial charge is 0.335 e. The van der Waals surface area contributed by atoms with Crippen molar-refractivity contribution in [3.8, 4) is 0 Å². The largest absolute Gasteiger partial charge is 0.478 e. The number of halogens is 1. The Hall–Kier alpha value is -1.42. The summed E-state index contributed by atoms with van der Waals surface area (Å²) >= 11 is 0. The number of rotatable bonds is 3. The van der Waals surface area contributed by atoms with Gasteiger partial charge in [-0.15, -0.1) is 0 Å². The predicted octanol–water partition coefficient (Wildman–Crippen LogP) is 2.76. The second kappa shape index (κ2) is 5.48. The molecule has 1 heterocycles. The molecule has 1 aromatic carbocycles. The summed E-state index contributed by atoms with van der Waals surface area (Å²) in [5, 5.41) is 8.90. The number of nitrogens with zero attached hydrogens (tertiary/aromatic N) is 1. The van der Waals surface area contributed by atoms with Gasteiger partial charge in [0.25, 0.3) is 0 Å². The van der Waals surface area contributed by atoms with Crippen molar-refractivity contribution in [2.45, 2.75) is 26.3 Å². The van der Waals surface area contributed by atoms with Gasteiger partial charge < -0.3 is 5.11 Å². The van der Waals surface area contributed by atoms with Gasteiger partial charge in [0.2, 0.25) is 0 Å². The lowest BCUT2D eigenvalue weighted by molar-refractivity contribution is 0.0696. The summed E-state index contributed by atoms with van der Waals surface area (Å²) < 4.78 is 13.3. The average molecular weight is 251 g/mol. The van der Waals surface area contributed by atoms with E-state index in [4.69, 9.17) is 5.11 Å². The third-order valence-corrected chi connectivity index (χ3v) is 3.35. The molecule has 0 aromatic heterocycles. The summed E-state index contributed by atoms with van der Waals surface area (Å²) in [6.45, 7) is 4.84. The number of aromatic carboxylic acids is 1. The molecule has 18 heavy (non-hydrogen) atoms. The van der Waals surface area contributed by atoms with Crippen molar-refractivity contribution in [3.63, 3.8) is 0 Å². The minimum atomic E-state index is -1.08. The highest BCUT2D eigenvalue weighted by atomic mass is 19.1. The van der Waals surface area contributed by atoms with Crippen LogP contribution in [-0.4, -0.2) is 29.1 Å². The van der Waals surface area contributed by atoms with Crippen LogP contribution in [0.4, 0.5) is 4.39 Å². The van der Waals surface area contributed by atoms with Gasteiger partial charge in [-0.25, -0.2) is 9.18 Å². The molecule has 0 aliphatic carbocycles.